The van der Waals surface area contributed by atoms with Gasteiger partial charge in [-0.15, -0.1) is 0 Å². The predicted octanol–water partition coefficient (Wildman–Crippen LogP) is 3.86. The van der Waals surface area contributed by atoms with E-state index in [0.29, 0.717) is 0 Å². The summed E-state index contributed by atoms with van der Waals surface area (Å²) in [7, 11) is 1.65. The number of fused-ring (bicyclic) bond motifs is 1. The lowest BCUT2D eigenvalue weighted by atomic mass is 9.87. The molecule has 2 N–H and O–H groups in total. The summed E-state index contributed by atoms with van der Waals surface area (Å²) >= 11 is 5.87. The molecule has 2 aromatic carbocycles. The van der Waals surface area contributed by atoms with Gasteiger partial charge in [0.25, 0.3) is 5.91 Å². The van der Waals surface area contributed by atoms with E-state index in [1.807, 2.05) is 18.2 Å². The SMILES string of the molecule is COc1cccc2c1CCCC2NC(=O)c1cccc(Cl)c1O. The number of rotatable bonds is 3. The van der Waals surface area contributed by atoms with Crippen LogP contribution in [0.1, 0.15) is 40.4 Å². The van der Waals surface area contributed by atoms with Crippen molar-refractivity contribution >= 4 is 17.5 Å². The second-order valence-corrected chi connectivity index (χ2v) is 5.99. The normalized spacial score (nSPS) is 16.5. The lowest BCUT2D eigenvalue weighted by Gasteiger charge is -2.27. The number of para-hydroxylation sites is 1. The zero-order valence-electron chi connectivity index (χ0n) is 12.8. The van der Waals surface area contributed by atoms with Crippen LogP contribution in [0.15, 0.2) is 36.4 Å². The maximum atomic E-state index is 12.5. The van der Waals surface area contributed by atoms with Gasteiger partial charge in [0.15, 0.2) is 0 Å². The number of carbonyl (C=O) groups is 1. The Labute approximate surface area is 140 Å². The third kappa shape index (κ3) is 2.99. The number of benzene rings is 2. The zero-order chi connectivity index (χ0) is 16.4. The molecule has 0 heterocycles. The smallest absolute Gasteiger partial charge is 0.255 e. The molecular formula is C18H18ClNO3. The standard InChI is InChI=1S/C18H18ClNO3/c1-23-16-10-4-5-11-12(16)6-3-9-15(11)20-18(22)13-7-2-8-14(19)17(13)21/h2,4-5,7-8,10,15,21H,3,6,9H2,1H3,(H,20,22). The second kappa shape index (κ2) is 6.50. The van der Waals surface area contributed by atoms with E-state index < -0.39 is 0 Å². The number of phenols is 1. The summed E-state index contributed by atoms with van der Waals surface area (Å²) in [5, 5.41) is 13.1. The zero-order valence-corrected chi connectivity index (χ0v) is 13.6. The summed E-state index contributed by atoms with van der Waals surface area (Å²) in [6.07, 6.45) is 2.77. The number of halogens is 1. The molecule has 1 atom stereocenters. The summed E-state index contributed by atoms with van der Waals surface area (Å²) < 4.78 is 5.42. The van der Waals surface area contributed by atoms with Gasteiger partial charge >= 0.3 is 0 Å². The molecule has 0 aromatic heterocycles. The van der Waals surface area contributed by atoms with Crippen LogP contribution in [0.2, 0.25) is 5.02 Å². The molecule has 4 nitrogen and oxygen atoms in total. The lowest BCUT2D eigenvalue weighted by Crippen LogP contribution is -2.31. The molecule has 0 fully saturated rings. The van der Waals surface area contributed by atoms with E-state index in [4.69, 9.17) is 16.3 Å². The van der Waals surface area contributed by atoms with E-state index in [1.165, 1.54) is 0 Å². The van der Waals surface area contributed by atoms with Crippen LogP contribution in [0.3, 0.4) is 0 Å². The number of hydrogen-bond acceptors (Lipinski definition) is 3. The first-order valence-electron chi connectivity index (χ1n) is 7.56. The van der Waals surface area contributed by atoms with Gasteiger partial charge in [-0.25, -0.2) is 0 Å². The molecule has 0 saturated heterocycles. The Bertz CT molecular complexity index is 745. The summed E-state index contributed by atoms with van der Waals surface area (Å²) in [4.78, 5) is 12.5. The van der Waals surface area contributed by atoms with Crippen molar-refractivity contribution in [1.29, 1.82) is 0 Å². The Hall–Kier alpha value is -2.20. The number of amides is 1. The van der Waals surface area contributed by atoms with Crippen LogP contribution in [0, 0.1) is 0 Å². The molecule has 0 spiro atoms. The average Bonchev–Trinajstić information content (AvgIpc) is 2.57. The van der Waals surface area contributed by atoms with Crippen molar-refractivity contribution in [3.05, 3.63) is 58.1 Å². The lowest BCUT2D eigenvalue weighted by molar-refractivity contribution is 0.0930. The number of methoxy groups -OCH3 is 1. The molecule has 3 rings (SSSR count). The van der Waals surface area contributed by atoms with Gasteiger partial charge in [0.2, 0.25) is 0 Å². The largest absolute Gasteiger partial charge is 0.506 e. The van der Waals surface area contributed by atoms with Crippen LogP contribution < -0.4 is 10.1 Å². The first-order chi connectivity index (χ1) is 11.1. The van der Waals surface area contributed by atoms with Gasteiger partial charge in [0.1, 0.15) is 11.5 Å². The highest BCUT2D eigenvalue weighted by atomic mass is 35.5. The van der Waals surface area contributed by atoms with Crippen molar-refractivity contribution in [2.75, 3.05) is 7.11 Å². The number of ether oxygens (including phenoxy) is 1. The van der Waals surface area contributed by atoms with Crippen LogP contribution >= 0.6 is 11.6 Å². The minimum Gasteiger partial charge on any atom is -0.506 e. The summed E-state index contributed by atoms with van der Waals surface area (Å²) in [5.41, 5.74) is 2.40. The van der Waals surface area contributed by atoms with Gasteiger partial charge in [-0.05, 0) is 48.6 Å². The molecule has 120 valence electrons. The van der Waals surface area contributed by atoms with Crippen LogP contribution in [-0.4, -0.2) is 18.1 Å². The molecule has 1 unspecified atom stereocenters. The molecule has 0 bridgehead atoms. The Balaban J connectivity index is 1.88. The Morgan fingerprint density at radius 2 is 2.09 bits per heavy atom. The maximum Gasteiger partial charge on any atom is 0.255 e. The highest BCUT2D eigenvalue weighted by Crippen LogP contribution is 2.36. The predicted molar refractivity (Wildman–Crippen MR) is 89.3 cm³/mol. The van der Waals surface area contributed by atoms with Crippen molar-refractivity contribution in [3.8, 4) is 11.5 Å². The molecule has 2 aromatic rings. The second-order valence-electron chi connectivity index (χ2n) is 5.58. The van der Waals surface area contributed by atoms with E-state index >= 15 is 0 Å². The van der Waals surface area contributed by atoms with Crippen LogP contribution in [0.5, 0.6) is 11.5 Å². The summed E-state index contributed by atoms with van der Waals surface area (Å²) in [6.45, 7) is 0. The van der Waals surface area contributed by atoms with Gasteiger partial charge in [-0.1, -0.05) is 29.8 Å². The number of aromatic hydroxyl groups is 1. The Morgan fingerprint density at radius 1 is 1.30 bits per heavy atom. The molecule has 5 heteroatoms. The highest BCUT2D eigenvalue weighted by Gasteiger charge is 2.25. The van der Waals surface area contributed by atoms with Gasteiger partial charge in [0.05, 0.1) is 23.7 Å². The minimum atomic E-state index is -0.328. The molecule has 23 heavy (non-hydrogen) atoms. The fraction of sp³-hybridized carbons (Fsp3) is 0.278. The molecule has 0 saturated carbocycles. The minimum absolute atomic E-state index is 0.0975. The Morgan fingerprint density at radius 3 is 2.87 bits per heavy atom. The summed E-state index contributed by atoms with van der Waals surface area (Å²) in [6, 6.07) is 10.5. The first-order valence-corrected chi connectivity index (χ1v) is 7.93. The van der Waals surface area contributed by atoms with E-state index in [1.54, 1.807) is 25.3 Å². The van der Waals surface area contributed by atoms with Crippen molar-refractivity contribution in [1.82, 2.24) is 5.32 Å². The van der Waals surface area contributed by atoms with E-state index in [2.05, 4.69) is 5.32 Å². The monoisotopic (exact) mass is 331 g/mol. The molecule has 1 aliphatic rings. The van der Waals surface area contributed by atoms with Crippen molar-refractivity contribution in [2.45, 2.75) is 25.3 Å². The fourth-order valence-corrected chi connectivity index (χ4v) is 3.27. The number of carbonyl (C=O) groups excluding carboxylic acids is 1. The van der Waals surface area contributed by atoms with Crippen molar-refractivity contribution < 1.29 is 14.6 Å². The van der Waals surface area contributed by atoms with Gasteiger partial charge in [0, 0.05) is 0 Å². The topological polar surface area (TPSA) is 58.6 Å². The van der Waals surface area contributed by atoms with Crippen LogP contribution in [-0.2, 0) is 6.42 Å². The van der Waals surface area contributed by atoms with Gasteiger partial charge in [-0.2, -0.15) is 0 Å². The van der Waals surface area contributed by atoms with Crippen molar-refractivity contribution in [3.63, 3.8) is 0 Å². The van der Waals surface area contributed by atoms with E-state index in [-0.39, 0.29) is 28.3 Å². The van der Waals surface area contributed by atoms with E-state index in [0.717, 1.165) is 36.1 Å². The molecule has 0 aliphatic heterocycles. The third-order valence-corrected chi connectivity index (χ3v) is 4.53. The maximum absolute atomic E-state index is 12.5. The number of nitrogens with one attached hydrogen (secondary N) is 1. The van der Waals surface area contributed by atoms with Gasteiger partial charge in [-0.3, -0.25) is 4.79 Å². The molecular weight excluding hydrogens is 314 g/mol. The fourth-order valence-electron chi connectivity index (χ4n) is 3.09. The quantitative estimate of drug-likeness (QED) is 0.897. The van der Waals surface area contributed by atoms with Crippen LogP contribution in [0.25, 0.3) is 0 Å². The summed E-state index contributed by atoms with van der Waals surface area (Å²) in [5.74, 6) is 0.339. The van der Waals surface area contributed by atoms with Gasteiger partial charge < -0.3 is 15.2 Å². The third-order valence-electron chi connectivity index (χ3n) is 4.22. The van der Waals surface area contributed by atoms with Crippen molar-refractivity contribution in [2.24, 2.45) is 0 Å². The molecule has 0 radical (unpaired) electrons. The number of phenolic OH excluding ortho intramolecular Hbond substituents is 1. The highest BCUT2D eigenvalue weighted by molar-refractivity contribution is 6.32. The van der Waals surface area contributed by atoms with E-state index in [9.17, 15) is 9.90 Å². The first kappa shape index (κ1) is 15.7. The Kier molecular flexibility index (Phi) is 4.44. The number of hydrogen-bond donors (Lipinski definition) is 2. The molecule has 1 amide bonds. The van der Waals surface area contributed by atoms with Crippen LogP contribution in [0.4, 0.5) is 0 Å². The average molecular weight is 332 g/mol. The molecule has 1 aliphatic carbocycles.